The van der Waals surface area contributed by atoms with Gasteiger partial charge in [0, 0.05) is 32.3 Å². The van der Waals surface area contributed by atoms with Crippen LogP contribution in [0.4, 0.5) is 0 Å². The molecule has 0 unspecified atom stereocenters. The van der Waals surface area contributed by atoms with Crippen LogP contribution in [-0.2, 0) is 4.79 Å². The summed E-state index contributed by atoms with van der Waals surface area (Å²) < 4.78 is 0. The van der Waals surface area contributed by atoms with Crippen molar-refractivity contribution in [1.29, 1.82) is 0 Å². The molecule has 0 heterocycles. The number of rotatable bonds is 6. The number of likely N-dealkylation sites (N-methyl/N-ethyl adjacent to an activating group) is 2. The fraction of sp³-hybridized carbons (Fsp3) is 0.550. The molecular weight excluding hydrogens is 284 g/mol. The molecule has 0 saturated heterocycles. The van der Waals surface area contributed by atoms with Crippen molar-refractivity contribution >= 4 is 12.0 Å². The number of hydrogen-bond acceptors (Lipinski definition) is 2. The Kier molecular flexibility index (Phi) is 6.85. The minimum Gasteiger partial charge on any atom is -0.341 e. The van der Waals surface area contributed by atoms with Crippen molar-refractivity contribution < 1.29 is 4.79 Å². The van der Waals surface area contributed by atoms with Crippen LogP contribution >= 0.6 is 0 Å². The largest absolute Gasteiger partial charge is 0.341 e. The van der Waals surface area contributed by atoms with Crippen molar-refractivity contribution in [2.24, 2.45) is 0 Å². The molecule has 1 amide bonds. The molecule has 1 aliphatic carbocycles. The number of carbonyl (C=O) groups is 1. The number of amides is 1. The summed E-state index contributed by atoms with van der Waals surface area (Å²) >= 11 is 0. The first-order valence-electron chi connectivity index (χ1n) is 8.76. The number of carbonyl (C=O) groups excluding carboxylic acids is 1. The highest BCUT2D eigenvalue weighted by molar-refractivity contribution is 5.91. The highest BCUT2D eigenvalue weighted by Crippen LogP contribution is 2.21. The molecule has 2 rings (SSSR count). The Morgan fingerprint density at radius 3 is 2.39 bits per heavy atom. The van der Waals surface area contributed by atoms with Crippen molar-refractivity contribution in [3.63, 3.8) is 0 Å². The van der Waals surface area contributed by atoms with Gasteiger partial charge in [0.05, 0.1) is 0 Å². The van der Waals surface area contributed by atoms with Crippen LogP contribution < -0.4 is 0 Å². The van der Waals surface area contributed by atoms with Gasteiger partial charge < -0.3 is 9.80 Å². The predicted molar refractivity (Wildman–Crippen MR) is 97.4 cm³/mol. The summed E-state index contributed by atoms with van der Waals surface area (Å²) in [6, 6.07) is 8.90. The first-order chi connectivity index (χ1) is 11.1. The van der Waals surface area contributed by atoms with E-state index in [9.17, 15) is 4.79 Å². The third-order valence-electron chi connectivity index (χ3n) is 4.86. The zero-order valence-electron chi connectivity index (χ0n) is 14.8. The first kappa shape index (κ1) is 17.7. The normalized spacial score (nSPS) is 16.2. The van der Waals surface area contributed by atoms with Crippen LogP contribution in [0.25, 0.3) is 6.08 Å². The van der Waals surface area contributed by atoms with Gasteiger partial charge in [-0.3, -0.25) is 4.79 Å². The van der Waals surface area contributed by atoms with Gasteiger partial charge >= 0.3 is 0 Å². The average molecular weight is 314 g/mol. The molecule has 0 bridgehead atoms. The molecule has 0 atom stereocenters. The van der Waals surface area contributed by atoms with Crippen molar-refractivity contribution in [1.82, 2.24) is 9.80 Å². The fourth-order valence-electron chi connectivity index (χ4n) is 3.09. The lowest BCUT2D eigenvalue weighted by Gasteiger charge is -2.32. The van der Waals surface area contributed by atoms with Gasteiger partial charge in [0.25, 0.3) is 0 Å². The molecule has 1 saturated carbocycles. The maximum Gasteiger partial charge on any atom is 0.246 e. The van der Waals surface area contributed by atoms with E-state index in [0.717, 1.165) is 18.7 Å². The molecule has 0 spiro atoms. The molecule has 126 valence electrons. The molecule has 1 aromatic carbocycles. The van der Waals surface area contributed by atoms with E-state index in [2.05, 4.69) is 31.0 Å². The molecule has 0 radical (unpaired) electrons. The van der Waals surface area contributed by atoms with Crippen molar-refractivity contribution in [2.75, 3.05) is 27.2 Å². The van der Waals surface area contributed by atoms with Crippen molar-refractivity contribution in [2.45, 2.75) is 45.1 Å². The Labute approximate surface area is 141 Å². The van der Waals surface area contributed by atoms with Crippen molar-refractivity contribution in [3.8, 4) is 0 Å². The highest BCUT2D eigenvalue weighted by Gasteiger charge is 2.18. The monoisotopic (exact) mass is 314 g/mol. The lowest BCUT2D eigenvalue weighted by atomic mass is 9.94. The Balaban J connectivity index is 1.76. The number of aryl methyl sites for hydroxylation is 1. The summed E-state index contributed by atoms with van der Waals surface area (Å²) in [6.45, 7) is 3.80. The topological polar surface area (TPSA) is 23.6 Å². The molecule has 0 aliphatic heterocycles. The maximum atomic E-state index is 12.2. The fourth-order valence-corrected chi connectivity index (χ4v) is 3.09. The van der Waals surface area contributed by atoms with E-state index in [0.29, 0.717) is 6.04 Å². The van der Waals surface area contributed by atoms with Gasteiger partial charge in [-0.1, -0.05) is 49.1 Å². The molecule has 0 aromatic heterocycles. The Hall–Kier alpha value is -1.61. The number of hydrogen-bond donors (Lipinski definition) is 0. The molecular formula is C20H30N2O. The second-order valence-electron chi connectivity index (χ2n) is 6.78. The van der Waals surface area contributed by atoms with Crippen LogP contribution in [0.5, 0.6) is 0 Å². The van der Waals surface area contributed by atoms with Crippen LogP contribution in [-0.4, -0.2) is 48.9 Å². The van der Waals surface area contributed by atoms with Crippen LogP contribution in [0.15, 0.2) is 30.3 Å². The van der Waals surface area contributed by atoms with Gasteiger partial charge in [-0.05, 0) is 38.5 Å². The van der Waals surface area contributed by atoms with Crippen LogP contribution in [0.3, 0.4) is 0 Å². The molecule has 3 nitrogen and oxygen atoms in total. The zero-order valence-corrected chi connectivity index (χ0v) is 14.8. The summed E-state index contributed by atoms with van der Waals surface area (Å²) in [7, 11) is 4.08. The summed E-state index contributed by atoms with van der Waals surface area (Å²) in [5, 5.41) is 0. The lowest BCUT2D eigenvalue weighted by molar-refractivity contribution is -0.124. The number of benzene rings is 1. The molecule has 1 fully saturated rings. The minimum atomic E-state index is 0.0719. The van der Waals surface area contributed by atoms with E-state index >= 15 is 0 Å². The van der Waals surface area contributed by atoms with Crippen LogP contribution in [0, 0.1) is 6.92 Å². The van der Waals surface area contributed by atoms with Gasteiger partial charge in [0.15, 0.2) is 0 Å². The van der Waals surface area contributed by atoms with Crippen LogP contribution in [0.1, 0.15) is 43.2 Å². The maximum absolute atomic E-state index is 12.2. The quantitative estimate of drug-likeness (QED) is 0.747. The van der Waals surface area contributed by atoms with E-state index in [1.54, 1.807) is 6.08 Å². The smallest absolute Gasteiger partial charge is 0.246 e. The predicted octanol–water partition coefficient (Wildman–Crippen LogP) is 3.73. The van der Waals surface area contributed by atoms with Gasteiger partial charge in [-0.25, -0.2) is 0 Å². The van der Waals surface area contributed by atoms with Gasteiger partial charge in [-0.15, -0.1) is 0 Å². The summed E-state index contributed by atoms with van der Waals surface area (Å²) in [5.74, 6) is 0.0719. The third kappa shape index (κ3) is 5.83. The first-order valence-corrected chi connectivity index (χ1v) is 8.76. The summed E-state index contributed by atoms with van der Waals surface area (Å²) in [5.41, 5.74) is 2.30. The Morgan fingerprint density at radius 2 is 1.74 bits per heavy atom. The van der Waals surface area contributed by atoms with Crippen LogP contribution in [0.2, 0.25) is 0 Å². The average Bonchev–Trinajstić information content (AvgIpc) is 2.59. The van der Waals surface area contributed by atoms with E-state index in [4.69, 9.17) is 0 Å². The molecule has 0 N–H and O–H groups in total. The molecule has 23 heavy (non-hydrogen) atoms. The Morgan fingerprint density at radius 1 is 1.09 bits per heavy atom. The second kappa shape index (κ2) is 8.88. The van der Waals surface area contributed by atoms with E-state index in [1.807, 2.05) is 30.2 Å². The summed E-state index contributed by atoms with van der Waals surface area (Å²) in [4.78, 5) is 16.4. The Bertz CT molecular complexity index is 515. The van der Waals surface area contributed by atoms with E-state index in [1.165, 1.54) is 37.7 Å². The molecule has 3 heteroatoms. The second-order valence-corrected chi connectivity index (χ2v) is 6.78. The summed E-state index contributed by atoms with van der Waals surface area (Å²) in [6.07, 6.45) is 10.3. The highest BCUT2D eigenvalue weighted by atomic mass is 16.2. The van der Waals surface area contributed by atoms with E-state index in [-0.39, 0.29) is 5.91 Å². The van der Waals surface area contributed by atoms with Gasteiger partial charge in [0.2, 0.25) is 5.91 Å². The van der Waals surface area contributed by atoms with Gasteiger partial charge in [-0.2, -0.15) is 0 Å². The third-order valence-corrected chi connectivity index (χ3v) is 4.86. The molecule has 1 aromatic rings. The van der Waals surface area contributed by atoms with Crippen molar-refractivity contribution in [3.05, 3.63) is 41.5 Å². The minimum absolute atomic E-state index is 0.0719. The van der Waals surface area contributed by atoms with Gasteiger partial charge in [0.1, 0.15) is 0 Å². The zero-order chi connectivity index (χ0) is 16.7. The lowest BCUT2D eigenvalue weighted by Crippen LogP contribution is -2.39. The number of nitrogens with zero attached hydrogens (tertiary/aromatic N) is 2. The SMILES string of the molecule is Cc1ccc(/C=C/C(=O)N(C)CCN(C)C2CCCCC2)cc1. The molecule has 1 aliphatic rings. The van der Waals surface area contributed by atoms with E-state index < -0.39 is 0 Å². The standard InChI is InChI=1S/C20H30N2O/c1-17-9-11-18(12-10-17)13-14-20(23)22(3)16-15-21(2)19-7-5-4-6-8-19/h9-14,19H,4-8,15-16H2,1-3H3/b14-13+.